The first-order chi connectivity index (χ1) is 10.5. The van der Waals surface area contributed by atoms with Crippen LogP contribution in [0.4, 0.5) is 5.69 Å². The molecule has 0 bridgehead atoms. The van der Waals surface area contributed by atoms with E-state index in [9.17, 15) is 0 Å². The van der Waals surface area contributed by atoms with Crippen LogP contribution in [0.25, 0.3) is 10.9 Å². The van der Waals surface area contributed by atoms with Crippen molar-refractivity contribution in [2.24, 2.45) is 0 Å². The molecule has 2 rings (SSSR count). The lowest BCUT2D eigenvalue weighted by molar-refractivity contribution is 0.182. The second-order valence-corrected chi connectivity index (χ2v) is 6.10. The van der Waals surface area contributed by atoms with Crippen molar-refractivity contribution in [3.05, 3.63) is 30.5 Å². The first kappa shape index (κ1) is 19.5. The molecule has 0 amide bonds. The van der Waals surface area contributed by atoms with E-state index in [0.717, 1.165) is 35.4 Å². The lowest BCUT2D eigenvalue weighted by Gasteiger charge is -2.30. The summed E-state index contributed by atoms with van der Waals surface area (Å²) in [6.07, 6.45) is 1.83. The minimum Gasteiger partial charge on any atom is -0.497 e. The van der Waals surface area contributed by atoms with Gasteiger partial charge < -0.3 is 10.1 Å². The summed E-state index contributed by atoms with van der Waals surface area (Å²) in [7, 11) is 1.70. The third kappa shape index (κ3) is 4.98. The molecule has 0 fully saturated rings. The lowest BCUT2D eigenvalue weighted by Crippen LogP contribution is -2.40. The van der Waals surface area contributed by atoms with Crippen molar-refractivity contribution in [3.63, 3.8) is 0 Å². The summed E-state index contributed by atoms with van der Waals surface area (Å²) in [6.45, 7) is 10.8. The third-order valence-electron chi connectivity index (χ3n) is 3.93. The number of rotatable bonds is 7. The van der Waals surface area contributed by atoms with Gasteiger partial charge in [-0.3, -0.25) is 9.88 Å². The van der Waals surface area contributed by atoms with Crippen molar-refractivity contribution in [1.29, 1.82) is 0 Å². The van der Waals surface area contributed by atoms with E-state index in [2.05, 4.69) is 49.0 Å². The monoisotopic (exact) mass is 337 g/mol. The molecule has 128 valence electrons. The fourth-order valence-corrected chi connectivity index (χ4v) is 2.85. The third-order valence-corrected chi connectivity index (χ3v) is 3.93. The van der Waals surface area contributed by atoms with Gasteiger partial charge in [-0.15, -0.1) is 12.4 Å². The highest BCUT2D eigenvalue weighted by Crippen LogP contribution is 2.27. The van der Waals surface area contributed by atoms with Crippen LogP contribution in [-0.4, -0.2) is 42.2 Å². The Labute approximate surface area is 145 Å². The zero-order valence-electron chi connectivity index (χ0n) is 14.7. The summed E-state index contributed by atoms with van der Waals surface area (Å²) in [4.78, 5) is 6.97. The van der Waals surface area contributed by atoms with Crippen molar-refractivity contribution >= 4 is 29.0 Å². The molecule has 1 aromatic carbocycles. The van der Waals surface area contributed by atoms with E-state index in [4.69, 9.17) is 4.74 Å². The minimum atomic E-state index is 0. The molecule has 5 heteroatoms. The van der Waals surface area contributed by atoms with Crippen LogP contribution in [0.3, 0.4) is 0 Å². The first-order valence-electron chi connectivity index (χ1n) is 7.95. The van der Waals surface area contributed by atoms with Crippen LogP contribution in [0.15, 0.2) is 30.5 Å². The van der Waals surface area contributed by atoms with Crippen LogP contribution in [0, 0.1) is 0 Å². The quantitative estimate of drug-likeness (QED) is 0.821. The molecule has 23 heavy (non-hydrogen) atoms. The van der Waals surface area contributed by atoms with Gasteiger partial charge in [-0.05, 0) is 39.8 Å². The molecule has 0 atom stereocenters. The second-order valence-electron chi connectivity index (χ2n) is 6.10. The van der Waals surface area contributed by atoms with Crippen LogP contribution >= 0.6 is 12.4 Å². The van der Waals surface area contributed by atoms with Crippen LogP contribution in [0.2, 0.25) is 0 Å². The molecule has 0 saturated carbocycles. The molecule has 2 aromatic rings. The van der Waals surface area contributed by atoms with Gasteiger partial charge >= 0.3 is 0 Å². The highest BCUT2D eigenvalue weighted by atomic mass is 35.5. The lowest BCUT2D eigenvalue weighted by atomic mass is 10.1. The van der Waals surface area contributed by atoms with Crippen LogP contribution in [0.1, 0.15) is 27.7 Å². The van der Waals surface area contributed by atoms with Gasteiger partial charge in [-0.1, -0.05) is 6.07 Å². The molecular weight excluding hydrogens is 310 g/mol. The molecule has 0 radical (unpaired) electrons. The summed E-state index contributed by atoms with van der Waals surface area (Å²) in [5.74, 6) is 0.854. The number of anilines is 1. The number of halogens is 1. The van der Waals surface area contributed by atoms with Crippen molar-refractivity contribution in [1.82, 2.24) is 9.88 Å². The Morgan fingerprint density at radius 1 is 1.17 bits per heavy atom. The number of ether oxygens (including phenoxy) is 1. The highest BCUT2D eigenvalue weighted by Gasteiger charge is 2.13. The van der Waals surface area contributed by atoms with Crippen molar-refractivity contribution < 1.29 is 4.74 Å². The molecule has 0 aliphatic heterocycles. The maximum atomic E-state index is 5.39. The summed E-state index contributed by atoms with van der Waals surface area (Å²) < 4.78 is 5.39. The highest BCUT2D eigenvalue weighted by molar-refractivity contribution is 5.91. The van der Waals surface area contributed by atoms with E-state index in [-0.39, 0.29) is 12.4 Å². The zero-order chi connectivity index (χ0) is 16.1. The predicted molar refractivity (Wildman–Crippen MR) is 101 cm³/mol. The normalized spacial score (nSPS) is 11.1. The minimum absolute atomic E-state index is 0. The fraction of sp³-hybridized carbons (Fsp3) is 0.500. The number of hydrogen-bond donors (Lipinski definition) is 1. The van der Waals surface area contributed by atoms with Gasteiger partial charge in [0.15, 0.2) is 0 Å². The van der Waals surface area contributed by atoms with Crippen LogP contribution in [0.5, 0.6) is 5.75 Å². The molecule has 0 saturated heterocycles. The Morgan fingerprint density at radius 3 is 2.48 bits per heavy atom. The molecular formula is C18H28ClN3O. The fourth-order valence-electron chi connectivity index (χ4n) is 2.85. The number of benzene rings is 1. The molecule has 4 nitrogen and oxygen atoms in total. The number of methoxy groups -OCH3 is 1. The molecule has 1 heterocycles. The average molecular weight is 338 g/mol. The van der Waals surface area contributed by atoms with E-state index < -0.39 is 0 Å². The number of hydrogen-bond acceptors (Lipinski definition) is 4. The van der Waals surface area contributed by atoms with Crippen molar-refractivity contribution in [2.75, 3.05) is 25.5 Å². The van der Waals surface area contributed by atoms with Crippen LogP contribution < -0.4 is 10.1 Å². The summed E-state index contributed by atoms with van der Waals surface area (Å²) in [6, 6.07) is 9.13. The van der Waals surface area contributed by atoms with Gasteiger partial charge in [0.25, 0.3) is 0 Å². The number of pyridine rings is 1. The molecule has 0 unspecified atom stereocenters. The maximum absolute atomic E-state index is 5.39. The molecule has 1 N–H and O–H groups in total. The van der Waals surface area contributed by atoms with E-state index in [0.29, 0.717) is 12.1 Å². The smallest absolute Gasteiger partial charge is 0.121 e. The van der Waals surface area contributed by atoms with Gasteiger partial charge in [0, 0.05) is 42.8 Å². The zero-order valence-corrected chi connectivity index (χ0v) is 15.5. The van der Waals surface area contributed by atoms with Gasteiger partial charge in [-0.25, -0.2) is 0 Å². The summed E-state index contributed by atoms with van der Waals surface area (Å²) in [5, 5.41) is 4.61. The molecule has 0 aliphatic rings. The van der Waals surface area contributed by atoms with Crippen molar-refractivity contribution in [3.8, 4) is 5.75 Å². The Morgan fingerprint density at radius 2 is 1.87 bits per heavy atom. The van der Waals surface area contributed by atoms with E-state index >= 15 is 0 Å². The number of aromatic nitrogens is 1. The Balaban J connectivity index is 0.00000264. The standard InChI is InChI=1S/C18H27N3O.ClH/c1-13(2)21(14(3)4)10-9-19-17-12-16(22-5)11-15-7-6-8-20-18(15)17;/h6-8,11-14,19H,9-10H2,1-5H3;1H. The Hall–Kier alpha value is -1.52. The molecule has 0 aliphatic carbocycles. The largest absolute Gasteiger partial charge is 0.497 e. The van der Waals surface area contributed by atoms with Gasteiger partial charge in [-0.2, -0.15) is 0 Å². The Kier molecular flexibility index (Phi) is 7.59. The van der Waals surface area contributed by atoms with Gasteiger partial charge in [0.05, 0.1) is 18.3 Å². The predicted octanol–water partition coefficient (Wildman–Crippen LogP) is 4.20. The first-order valence-corrected chi connectivity index (χ1v) is 7.95. The molecule has 1 aromatic heterocycles. The number of fused-ring (bicyclic) bond motifs is 1. The van der Waals surface area contributed by atoms with E-state index in [1.165, 1.54) is 0 Å². The van der Waals surface area contributed by atoms with E-state index in [1.807, 2.05) is 24.4 Å². The summed E-state index contributed by atoms with van der Waals surface area (Å²) in [5.41, 5.74) is 2.02. The topological polar surface area (TPSA) is 37.4 Å². The van der Waals surface area contributed by atoms with Crippen LogP contribution in [-0.2, 0) is 0 Å². The average Bonchev–Trinajstić information content (AvgIpc) is 2.50. The Bertz CT molecular complexity index is 608. The van der Waals surface area contributed by atoms with E-state index in [1.54, 1.807) is 7.11 Å². The van der Waals surface area contributed by atoms with Crippen molar-refractivity contribution in [2.45, 2.75) is 39.8 Å². The maximum Gasteiger partial charge on any atom is 0.121 e. The van der Waals surface area contributed by atoms with Gasteiger partial charge in [0.2, 0.25) is 0 Å². The number of nitrogens with zero attached hydrogens (tertiary/aromatic N) is 2. The molecule has 0 spiro atoms. The van der Waals surface area contributed by atoms with Gasteiger partial charge in [0.1, 0.15) is 5.75 Å². The second kappa shape index (κ2) is 8.94. The SMILES string of the molecule is COc1cc(NCCN(C(C)C)C(C)C)c2ncccc2c1.Cl. The number of nitrogens with one attached hydrogen (secondary N) is 1. The summed E-state index contributed by atoms with van der Waals surface area (Å²) >= 11 is 0.